The number of urea groups is 1. The summed E-state index contributed by atoms with van der Waals surface area (Å²) in [6, 6.07) is 12.8. The monoisotopic (exact) mass is 362 g/mol. The van der Waals surface area contributed by atoms with Crippen LogP contribution in [0.5, 0.6) is 0 Å². The summed E-state index contributed by atoms with van der Waals surface area (Å²) >= 11 is 0. The van der Waals surface area contributed by atoms with Crippen molar-refractivity contribution in [3.05, 3.63) is 53.9 Å². The van der Waals surface area contributed by atoms with Crippen molar-refractivity contribution in [2.45, 2.75) is 31.7 Å². The van der Waals surface area contributed by atoms with E-state index in [0.29, 0.717) is 22.8 Å². The molecule has 1 aliphatic carbocycles. The molecule has 0 atom stereocenters. The number of nitrogens with zero attached hydrogens (tertiary/aromatic N) is 1. The van der Waals surface area contributed by atoms with E-state index in [0.717, 1.165) is 36.7 Å². The number of rotatable bonds is 4. The van der Waals surface area contributed by atoms with Gasteiger partial charge in [-0.25, -0.2) is 9.78 Å². The number of benzene rings is 2. The zero-order valence-corrected chi connectivity index (χ0v) is 14.9. The number of amides is 2. The van der Waals surface area contributed by atoms with Gasteiger partial charge in [0.25, 0.3) is 0 Å². The Morgan fingerprint density at radius 3 is 2.74 bits per heavy atom. The second kappa shape index (κ2) is 7.11. The molecule has 3 aromatic rings. The molecule has 1 fully saturated rings. The lowest BCUT2D eigenvalue weighted by atomic mass is 10.1. The van der Waals surface area contributed by atoms with Crippen LogP contribution in [0.3, 0.4) is 0 Å². The standard InChI is InChI=1S/C20H22N6O/c21-15-10-9-13(24-20(27)23-12-5-1-2-6-12)11-14(15)18(22)19-25-16-7-3-4-8-17(16)26-19/h3-4,7-12,22H,1-2,5-6,21H2,(H,25,26)(H2,23,24,27). The number of aromatic amines is 1. The van der Waals surface area contributed by atoms with Gasteiger partial charge in [0.2, 0.25) is 0 Å². The number of para-hydroxylation sites is 2. The Hall–Kier alpha value is -3.35. The van der Waals surface area contributed by atoms with Gasteiger partial charge >= 0.3 is 6.03 Å². The maximum atomic E-state index is 12.2. The van der Waals surface area contributed by atoms with Gasteiger partial charge in [-0.05, 0) is 43.2 Å². The maximum Gasteiger partial charge on any atom is 0.319 e. The minimum absolute atomic E-state index is 0.184. The molecular formula is C20H22N6O. The summed E-state index contributed by atoms with van der Waals surface area (Å²) in [6.45, 7) is 0. The van der Waals surface area contributed by atoms with Gasteiger partial charge in [-0.3, -0.25) is 5.41 Å². The van der Waals surface area contributed by atoms with Crippen molar-refractivity contribution >= 4 is 34.2 Å². The number of carbonyl (C=O) groups excluding carboxylic acids is 1. The van der Waals surface area contributed by atoms with E-state index in [2.05, 4.69) is 20.6 Å². The summed E-state index contributed by atoms with van der Waals surface area (Å²) < 4.78 is 0. The summed E-state index contributed by atoms with van der Waals surface area (Å²) in [5.41, 5.74) is 9.49. The van der Waals surface area contributed by atoms with Gasteiger partial charge in [-0.2, -0.15) is 0 Å². The van der Waals surface area contributed by atoms with E-state index in [1.54, 1.807) is 18.2 Å². The average molecular weight is 362 g/mol. The molecule has 138 valence electrons. The van der Waals surface area contributed by atoms with Crippen molar-refractivity contribution in [1.82, 2.24) is 15.3 Å². The van der Waals surface area contributed by atoms with Crippen LogP contribution >= 0.6 is 0 Å². The van der Waals surface area contributed by atoms with Crippen molar-refractivity contribution in [3.63, 3.8) is 0 Å². The largest absolute Gasteiger partial charge is 0.398 e. The molecule has 0 aliphatic heterocycles. The molecule has 1 saturated carbocycles. The first kappa shape index (κ1) is 17.1. The molecule has 1 aromatic heterocycles. The SMILES string of the molecule is N=C(c1nc2ccccc2[nH]1)c1cc(NC(=O)NC2CCCC2)ccc1N. The van der Waals surface area contributed by atoms with Gasteiger partial charge in [-0.15, -0.1) is 0 Å². The summed E-state index contributed by atoms with van der Waals surface area (Å²) in [7, 11) is 0. The molecule has 1 heterocycles. The number of H-pyrrole nitrogens is 1. The first-order valence-corrected chi connectivity index (χ1v) is 9.11. The van der Waals surface area contributed by atoms with Gasteiger partial charge in [0.05, 0.1) is 11.0 Å². The number of fused-ring (bicyclic) bond motifs is 1. The van der Waals surface area contributed by atoms with Crippen LogP contribution < -0.4 is 16.4 Å². The maximum absolute atomic E-state index is 12.2. The van der Waals surface area contributed by atoms with Crippen molar-refractivity contribution in [2.75, 3.05) is 11.1 Å². The first-order chi connectivity index (χ1) is 13.1. The van der Waals surface area contributed by atoms with E-state index in [1.165, 1.54) is 0 Å². The normalized spacial score (nSPS) is 14.4. The quantitative estimate of drug-likeness (QED) is 0.360. The number of nitrogens with two attached hydrogens (primary N) is 1. The highest BCUT2D eigenvalue weighted by Gasteiger charge is 2.18. The number of aromatic nitrogens is 2. The van der Waals surface area contributed by atoms with Gasteiger partial charge in [0.1, 0.15) is 5.71 Å². The van der Waals surface area contributed by atoms with E-state index in [1.807, 2.05) is 24.3 Å². The Bertz CT molecular complexity index is 970. The third-order valence-electron chi connectivity index (χ3n) is 4.90. The molecule has 0 radical (unpaired) electrons. The molecule has 0 unspecified atom stereocenters. The molecule has 6 N–H and O–H groups in total. The molecule has 2 aromatic carbocycles. The number of hydrogen-bond donors (Lipinski definition) is 5. The van der Waals surface area contributed by atoms with E-state index >= 15 is 0 Å². The van der Waals surface area contributed by atoms with Crippen molar-refractivity contribution < 1.29 is 4.79 Å². The average Bonchev–Trinajstić information content (AvgIpc) is 3.32. The summed E-state index contributed by atoms with van der Waals surface area (Å²) in [4.78, 5) is 19.8. The minimum Gasteiger partial charge on any atom is -0.398 e. The molecule has 27 heavy (non-hydrogen) atoms. The molecule has 7 nitrogen and oxygen atoms in total. The second-order valence-corrected chi connectivity index (χ2v) is 6.86. The van der Waals surface area contributed by atoms with E-state index in [-0.39, 0.29) is 17.8 Å². The van der Waals surface area contributed by atoms with Crippen molar-refractivity contribution in [2.24, 2.45) is 0 Å². The van der Waals surface area contributed by atoms with Gasteiger partial charge < -0.3 is 21.4 Å². The molecule has 0 bridgehead atoms. The van der Waals surface area contributed by atoms with Crippen LogP contribution in [-0.4, -0.2) is 27.8 Å². The summed E-state index contributed by atoms with van der Waals surface area (Å²) in [6.07, 6.45) is 4.37. The van der Waals surface area contributed by atoms with Crippen LogP contribution in [0.4, 0.5) is 16.2 Å². The topological polar surface area (TPSA) is 120 Å². The highest BCUT2D eigenvalue weighted by Crippen LogP contribution is 2.22. The van der Waals surface area contributed by atoms with Gasteiger partial charge in [0, 0.05) is 23.0 Å². The number of nitrogen functional groups attached to an aromatic ring is 1. The third-order valence-corrected chi connectivity index (χ3v) is 4.90. The number of carbonyl (C=O) groups is 1. The molecular weight excluding hydrogens is 340 g/mol. The molecule has 1 aliphatic rings. The fourth-order valence-corrected chi connectivity index (χ4v) is 3.47. The number of anilines is 2. The predicted molar refractivity (Wildman–Crippen MR) is 107 cm³/mol. The smallest absolute Gasteiger partial charge is 0.319 e. The molecule has 0 spiro atoms. The lowest BCUT2D eigenvalue weighted by Crippen LogP contribution is -2.36. The molecule has 7 heteroatoms. The zero-order valence-electron chi connectivity index (χ0n) is 14.9. The van der Waals surface area contributed by atoms with Crippen LogP contribution in [0, 0.1) is 5.41 Å². The van der Waals surface area contributed by atoms with Crippen molar-refractivity contribution in [3.8, 4) is 0 Å². The summed E-state index contributed by atoms with van der Waals surface area (Å²) in [5.74, 6) is 0.440. The number of hydrogen-bond acceptors (Lipinski definition) is 4. The van der Waals surface area contributed by atoms with Crippen molar-refractivity contribution in [1.29, 1.82) is 5.41 Å². The number of nitrogens with one attached hydrogen (secondary N) is 4. The Labute approximate surface area is 156 Å². The highest BCUT2D eigenvalue weighted by atomic mass is 16.2. The van der Waals surface area contributed by atoms with Crippen LogP contribution in [-0.2, 0) is 0 Å². The van der Waals surface area contributed by atoms with Gasteiger partial charge in [0.15, 0.2) is 5.82 Å². The number of imidazole rings is 1. The Kier molecular flexibility index (Phi) is 4.50. The second-order valence-electron chi connectivity index (χ2n) is 6.86. The zero-order chi connectivity index (χ0) is 18.8. The summed E-state index contributed by atoms with van der Waals surface area (Å²) in [5, 5.41) is 14.3. The first-order valence-electron chi connectivity index (χ1n) is 9.11. The predicted octanol–water partition coefficient (Wildman–Crippen LogP) is 3.63. The van der Waals surface area contributed by atoms with Crippen LogP contribution in [0.15, 0.2) is 42.5 Å². The van der Waals surface area contributed by atoms with Crippen LogP contribution in [0.25, 0.3) is 11.0 Å². The molecule has 0 saturated heterocycles. The van der Waals surface area contributed by atoms with E-state index in [9.17, 15) is 4.79 Å². The Morgan fingerprint density at radius 2 is 1.96 bits per heavy atom. The fraction of sp³-hybridized carbons (Fsp3) is 0.250. The lowest BCUT2D eigenvalue weighted by Gasteiger charge is -2.14. The lowest BCUT2D eigenvalue weighted by molar-refractivity contribution is 0.248. The fourth-order valence-electron chi connectivity index (χ4n) is 3.47. The van der Waals surface area contributed by atoms with E-state index < -0.39 is 0 Å². The Balaban J connectivity index is 1.54. The van der Waals surface area contributed by atoms with Crippen LogP contribution in [0.1, 0.15) is 37.1 Å². The third kappa shape index (κ3) is 3.62. The van der Waals surface area contributed by atoms with E-state index in [4.69, 9.17) is 11.1 Å². The minimum atomic E-state index is -0.229. The molecule has 2 amide bonds. The highest BCUT2D eigenvalue weighted by molar-refractivity contribution is 6.13. The Morgan fingerprint density at radius 1 is 1.19 bits per heavy atom. The van der Waals surface area contributed by atoms with Gasteiger partial charge in [-0.1, -0.05) is 25.0 Å². The molecule has 4 rings (SSSR count). The van der Waals surface area contributed by atoms with Crippen LogP contribution in [0.2, 0.25) is 0 Å².